The molecule has 0 aromatic heterocycles. The number of amides is 1. The van der Waals surface area contributed by atoms with Gasteiger partial charge in [-0.1, -0.05) is 0 Å². The van der Waals surface area contributed by atoms with Gasteiger partial charge in [0.2, 0.25) is 0 Å². The highest BCUT2D eigenvalue weighted by Gasteiger charge is 2.16. The van der Waals surface area contributed by atoms with E-state index in [2.05, 4.69) is 38.5 Å². The number of nitrogens with zero attached hydrogens (tertiary/aromatic N) is 1. The van der Waals surface area contributed by atoms with Crippen LogP contribution in [0.2, 0.25) is 0 Å². The zero-order chi connectivity index (χ0) is 14.0. The first-order valence-electron chi connectivity index (χ1n) is 5.47. The van der Waals surface area contributed by atoms with Crippen molar-refractivity contribution in [3.05, 3.63) is 61.9 Å². The molecule has 0 radical (unpaired) electrons. The Balaban J connectivity index is 2.33. The van der Waals surface area contributed by atoms with Crippen LogP contribution < -0.4 is 4.90 Å². The monoisotopic (exact) mass is 433 g/mol. The van der Waals surface area contributed by atoms with Crippen molar-refractivity contribution in [2.24, 2.45) is 0 Å². The summed E-state index contributed by atoms with van der Waals surface area (Å²) in [6.45, 7) is 0. The van der Waals surface area contributed by atoms with E-state index in [-0.39, 0.29) is 11.7 Å². The molecule has 1 amide bonds. The molecule has 19 heavy (non-hydrogen) atoms. The van der Waals surface area contributed by atoms with Gasteiger partial charge in [0.1, 0.15) is 5.82 Å². The van der Waals surface area contributed by atoms with Crippen molar-refractivity contribution < 1.29 is 9.18 Å². The Kier molecular flexibility index (Phi) is 4.57. The first-order chi connectivity index (χ1) is 8.99. The molecule has 2 aromatic rings. The molecule has 5 heteroatoms. The molecular weight excluding hydrogens is 424 g/mol. The maximum Gasteiger partial charge on any atom is 0.259 e. The predicted molar refractivity (Wildman–Crippen MR) is 86.0 cm³/mol. The minimum absolute atomic E-state index is 0.142. The van der Waals surface area contributed by atoms with Crippen molar-refractivity contribution in [2.75, 3.05) is 11.9 Å². The average molecular weight is 434 g/mol. The molecular formula is C14H10BrFINO. The fourth-order valence-corrected chi connectivity index (χ4v) is 2.53. The van der Waals surface area contributed by atoms with Gasteiger partial charge in [0, 0.05) is 20.8 Å². The summed E-state index contributed by atoms with van der Waals surface area (Å²) in [5, 5.41) is 0. The molecule has 2 rings (SSSR count). The second-order valence-corrected chi connectivity index (χ2v) is 6.06. The van der Waals surface area contributed by atoms with Crippen molar-refractivity contribution in [1.82, 2.24) is 0 Å². The van der Waals surface area contributed by atoms with Gasteiger partial charge in [-0.2, -0.15) is 0 Å². The van der Waals surface area contributed by atoms with Gasteiger partial charge in [0.25, 0.3) is 5.91 Å². The van der Waals surface area contributed by atoms with Gasteiger partial charge in [-0.25, -0.2) is 4.39 Å². The average Bonchev–Trinajstić information content (AvgIpc) is 2.41. The number of rotatable bonds is 2. The van der Waals surface area contributed by atoms with E-state index >= 15 is 0 Å². The highest BCUT2D eigenvalue weighted by Crippen LogP contribution is 2.23. The summed E-state index contributed by atoms with van der Waals surface area (Å²) >= 11 is 5.53. The van der Waals surface area contributed by atoms with Gasteiger partial charge in [-0.05, 0) is 81.0 Å². The molecule has 98 valence electrons. The van der Waals surface area contributed by atoms with E-state index in [1.807, 2.05) is 18.2 Å². The summed E-state index contributed by atoms with van der Waals surface area (Å²) in [6.07, 6.45) is 0. The fourth-order valence-electron chi connectivity index (χ4n) is 1.62. The quantitative estimate of drug-likeness (QED) is 0.640. The van der Waals surface area contributed by atoms with Gasteiger partial charge in [-0.15, -0.1) is 0 Å². The first kappa shape index (κ1) is 14.5. The lowest BCUT2D eigenvalue weighted by molar-refractivity contribution is 0.0992. The SMILES string of the molecule is CN(C(=O)c1cc(I)ccc1Br)c1ccc(F)cc1. The zero-order valence-electron chi connectivity index (χ0n) is 10.0. The number of hydrogen-bond donors (Lipinski definition) is 0. The van der Waals surface area contributed by atoms with Gasteiger partial charge >= 0.3 is 0 Å². The van der Waals surface area contributed by atoms with Gasteiger partial charge in [0.05, 0.1) is 5.56 Å². The number of anilines is 1. The van der Waals surface area contributed by atoms with Crippen molar-refractivity contribution in [2.45, 2.75) is 0 Å². The van der Waals surface area contributed by atoms with E-state index in [0.717, 1.165) is 8.04 Å². The van der Waals surface area contributed by atoms with Crippen molar-refractivity contribution in [3.63, 3.8) is 0 Å². The number of halogens is 3. The van der Waals surface area contributed by atoms with Crippen molar-refractivity contribution >= 4 is 50.1 Å². The Morgan fingerprint density at radius 3 is 2.47 bits per heavy atom. The lowest BCUT2D eigenvalue weighted by Crippen LogP contribution is -2.26. The maximum absolute atomic E-state index is 12.9. The molecule has 0 bridgehead atoms. The standard InChI is InChI=1S/C14H10BrFINO/c1-18(11-5-2-9(16)3-6-11)14(19)12-8-10(17)4-7-13(12)15/h2-8H,1H3. The molecule has 2 nitrogen and oxygen atoms in total. The lowest BCUT2D eigenvalue weighted by atomic mass is 10.2. The van der Waals surface area contributed by atoms with Gasteiger partial charge in [0.15, 0.2) is 0 Å². The maximum atomic E-state index is 12.9. The van der Waals surface area contributed by atoms with Crippen LogP contribution in [0.5, 0.6) is 0 Å². The van der Waals surface area contributed by atoms with Crippen LogP contribution in [0.4, 0.5) is 10.1 Å². The minimum atomic E-state index is -0.319. The molecule has 0 unspecified atom stereocenters. The van der Waals surface area contributed by atoms with E-state index < -0.39 is 0 Å². The van der Waals surface area contributed by atoms with Crippen molar-refractivity contribution in [1.29, 1.82) is 0 Å². The molecule has 0 aliphatic rings. The largest absolute Gasteiger partial charge is 0.311 e. The third-order valence-corrected chi connectivity index (χ3v) is 4.04. The van der Waals surface area contributed by atoms with E-state index in [1.165, 1.54) is 17.0 Å². The topological polar surface area (TPSA) is 20.3 Å². The summed E-state index contributed by atoms with van der Waals surface area (Å²) in [5.41, 5.74) is 1.23. The highest BCUT2D eigenvalue weighted by atomic mass is 127. The summed E-state index contributed by atoms with van der Waals surface area (Å²) in [7, 11) is 1.67. The van der Waals surface area contributed by atoms with Crippen LogP contribution in [0, 0.1) is 9.39 Å². The summed E-state index contributed by atoms with van der Waals surface area (Å²) in [6, 6.07) is 11.4. The third kappa shape index (κ3) is 3.33. The third-order valence-electron chi connectivity index (χ3n) is 2.68. The molecule has 0 heterocycles. The molecule has 0 fully saturated rings. The summed E-state index contributed by atoms with van der Waals surface area (Å²) in [4.78, 5) is 13.9. The number of carbonyl (C=O) groups is 1. The summed E-state index contributed by atoms with van der Waals surface area (Å²) < 4.78 is 14.6. The van der Waals surface area contributed by atoms with Crippen LogP contribution in [-0.2, 0) is 0 Å². The molecule has 0 N–H and O–H groups in total. The molecule has 0 atom stereocenters. The summed E-state index contributed by atoms with van der Waals surface area (Å²) in [5.74, 6) is -0.461. The normalized spacial score (nSPS) is 10.3. The fraction of sp³-hybridized carbons (Fsp3) is 0.0714. The van der Waals surface area contributed by atoms with Crippen LogP contribution in [0.25, 0.3) is 0 Å². The minimum Gasteiger partial charge on any atom is -0.311 e. The van der Waals surface area contributed by atoms with Crippen LogP contribution in [0.3, 0.4) is 0 Å². The molecule has 2 aromatic carbocycles. The first-order valence-corrected chi connectivity index (χ1v) is 7.35. The van der Waals surface area contributed by atoms with Crippen LogP contribution in [0.1, 0.15) is 10.4 Å². The van der Waals surface area contributed by atoms with Crippen molar-refractivity contribution in [3.8, 4) is 0 Å². The van der Waals surface area contributed by atoms with Crippen LogP contribution >= 0.6 is 38.5 Å². The van der Waals surface area contributed by atoms with E-state index in [9.17, 15) is 9.18 Å². The van der Waals surface area contributed by atoms with E-state index in [4.69, 9.17) is 0 Å². The lowest BCUT2D eigenvalue weighted by Gasteiger charge is -2.18. The Labute approximate surface area is 132 Å². The molecule has 0 spiro atoms. The molecule has 0 aliphatic heterocycles. The zero-order valence-corrected chi connectivity index (χ0v) is 13.8. The molecule has 0 saturated heterocycles. The van der Waals surface area contributed by atoms with E-state index in [1.54, 1.807) is 19.2 Å². The molecule has 0 saturated carbocycles. The predicted octanol–water partition coefficient (Wildman–Crippen LogP) is 4.47. The number of benzene rings is 2. The number of hydrogen-bond acceptors (Lipinski definition) is 1. The smallest absolute Gasteiger partial charge is 0.259 e. The van der Waals surface area contributed by atoms with Gasteiger partial charge < -0.3 is 4.90 Å². The second-order valence-electron chi connectivity index (χ2n) is 3.96. The number of carbonyl (C=O) groups excluding carboxylic acids is 1. The van der Waals surface area contributed by atoms with Gasteiger partial charge in [-0.3, -0.25) is 4.79 Å². The van der Waals surface area contributed by atoms with Crippen LogP contribution in [0.15, 0.2) is 46.9 Å². The Morgan fingerprint density at radius 2 is 1.84 bits per heavy atom. The highest BCUT2D eigenvalue weighted by molar-refractivity contribution is 14.1. The molecule has 0 aliphatic carbocycles. The Morgan fingerprint density at radius 1 is 1.21 bits per heavy atom. The van der Waals surface area contributed by atoms with E-state index in [0.29, 0.717) is 11.3 Å². The Hall–Kier alpha value is -0.950. The second kappa shape index (κ2) is 6.00. The van der Waals surface area contributed by atoms with Crippen LogP contribution in [-0.4, -0.2) is 13.0 Å². The Bertz CT molecular complexity index is 615.